The van der Waals surface area contributed by atoms with Crippen LogP contribution in [0.4, 0.5) is 0 Å². The highest BCUT2D eigenvalue weighted by molar-refractivity contribution is 9.10. The van der Waals surface area contributed by atoms with E-state index in [1.807, 2.05) is 18.2 Å². The van der Waals surface area contributed by atoms with Gasteiger partial charge in [0, 0.05) is 9.37 Å². The Bertz CT molecular complexity index is 404. The summed E-state index contributed by atoms with van der Waals surface area (Å²) in [6, 6.07) is 5.70. The second-order valence-corrected chi connectivity index (χ2v) is 5.81. The van der Waals surface area contributed by atoms with Crippen molar-refractivity contribution in [2.75, 3.05) is 13.2 Å². The van der Waals surface area contributed by atoms with Crippen LogP contribution in [0.3, 0.4) is 0 Å². The standard InChI is InChI=1S/C11H11BrO3S/c12-9-3-7(4-11(13)14)1-2-10(9)16-8-5-15-6-8/h1-3,8H,4-6H2,(H,13,14). The van der Waals surface area contributed by atoms with Gasteiger partial charge in [0.05, 0.1) is 24.9 Å². The van der Waals surface area contributed by atoms with Gasteiger partial charge in [-0.3, -0.25) is 4.79 Å². The van der Waals surface area contributed by atoms with Crippen LogP contribution in [0.5, 0.6) is 0 Å². The van der Waals surface area contributed by atoms with Crippen LogP contribution in [0.25, 0.3) is 0 Å². The zero-order chi connectivity index (χ0) is 11.5. The van der Waals surface area contributed by atoms with Gasteiger partial charge in [-0.15, -0.1) is 11.8 Å². The Morgan fingerprint density at radius 2 is 2.31 bits per heavy atom. The van der Waals surface area contributed by atoms with Crippen LogP contribution < -0.4 is 0 Å². The number of hydrogen-bond donors (Lipinski definition) is 1. The maximum Gasteiger partial charge on any atom is 0.307 e. The van der Waals surface area contributed by atoms with Gasteiger partial charge in [-0.2, -0.15) is 0 Å². The SMILES string of the molecule is O=C(O)Cc1ccc(SC2COC2)c(Br)c1. The number of thioether (sulfide) groups is 1. The number of ether oxygens (including phenoxy) is 1. The zero-order valence-electron chi connectivity index (χ0n) is 8.48. The van der Waals surface area contributed by atoms with E-state index < -0.39 is 5.97 Å². The highest BCUT2D eigenvalue weighted by Gasteiger charge is 2.20. The molecule has 2 rings (SSSR count). The van der Waals surface area contributed by atoms with Gasteiger partial charge in [0.25, 0.3) is 0 Å². The minimum Gasteiger partial charge on any atom is -0.481 e. The number of hydrogen-bond acceptors (Lipinski definition) is 3. The van der Waals surface area contributed by atoms with Crippen molar-refractivity contribution in [3.63, 3.8) is 0 Å². The third kappa shape index (κ3) is 2.99. The van der Waals surface area contributed by atoms with Crippen LogP contribution in [0, 0.1) is 0 Å². The predicted octanol–water partition coefficient (Wildman–Crippen LogP) is 2.57. The second kappa shape index (κ2) is 5.21. The molecule has 3 nitrogen and oxygen atoms in total. The molecule has 0 amide bonds. The molecular formula is C11H11BrO3S. The summed E-state index contributed by atoms with van der Waals surface area (Å²) in [5.41, 5.74) is 0.814. The second-order valence-electron chi connectivity index (χ2n) is 3.61. The van der Waals surface area contributed by atoms with Gasteiger partial charge in [0.15, 0.2) is 0 Å². The van der Waals surface area contributed by atoms with E-state index in [-0.39, 0.29) is 6.42 Å². The molecule has 16 heavy (non-hydrogen) atoms. The Hall–Kier alpha value is -0.520. The van der Waals surface area contributed by atoms with Crippen LogP contribution in [0.2, 0.25) is 0 Å². The van der Waals surface area contributed by atoms with E-state index in [9.17, 15) is 4.79 Å². The molecule has 0 bridgehead atoms. The Morgan fingerprint density at radius 1 is 1.56 bits per heavy atom. The van der Waals surface area contributed by atoms with E-state index >= 15 is 0 Å². The van der Waals surface area contributed by atoms with Crippen LogP contribution in [-0.2, 0) is 16.0 Å². The molecule has 0 saturated carbocycles. The summed E-state index contributed by atoms with van der Waals surface area (Å²) in [4.78, 5) is 11.7. The third-order valence-corrected chi connectivity index (χ3v) is 4.39. The molecule has 0 radical (unpaired) electrons. The van der Waals surface area contributed by atoms with E-state index in [2.05, 4.69) is 15.9 Å². The van der Waals surface area contributed by atoms with E-state index in [1.165, 1.54) is 0 Å². The van der Waals surface area contributed by atoms with Crippen molar-refractivity contribution in [2.24, 2.45) is 0 Å². The molecule has 1 aliphatic rings. The first kappa shape index (κ1) is 12.0. The van der Waals surface area contributed by atoms with Crippen molar-refractivity contribution in [1.82, 2.24) is 0 Å². The van der Waals surface area contributed by atoms with Gasteiger partial charge in [-0.05, 0) is 33.6 Å². The largest absolute Gasteiger partial charge is 0.481 e. The lowest BCUT2D eigenvalue weighted by Crippen LogP contribution is -2.30. The summed E-state index contributed by atoms with van der Waals surface area (Å²) in [7, 11) is 0. The molecule has 1 heterocycles. The van der Waals surface area contributed by atoms with Crippen LogP contribution in [-0.4, -0.2) is 29.5 Å². The minimum atomic E-state index is -0.806. The number of carbonyl (C=O) groups is 1. The number of carboxylic acid groups (broad SMARTS) is 1. The van der Waals surface area contributed by atoms with Crippen molar-refractivity contribution < 1.29 is 14.6 Å². The van der Waals surface area contributed by atoms with Gasteiger partial charge in [0.2, 0.25) is 0 Å². The Kier molecular flexibility index (Phi) is 3.89. The first-order valence-electron chi connectivity index (χ1n) is 4.90. The summed E-state index contributed by atoms with van der Waals surface area (Å²) in [6.07, 6.45) is 0.0656. The summed E-state index contributed by atoms with van der Waals surface area (Å²) in [5.74, 6) is -0.806. The normalized spacial score (nSPS) is 15.8. The topological polar surface area (TPSA) is 46.5 Å². The maximum absolute atomic E-state index is 10.6. The van der Waals surface area contributed by atoms with Crippen LogP contribution in [0.15, 0.2) is 27.6 Å². The predicted molar refractivity (Wildman–Crippen MR) is 65.9 cm³/mol. The van der Waals surface area contributed by atoms with Gasteiger partial charge < -0.3 is 9.84 Å². The number of carboxylic acids is 1. The number of rotatable bonds is 4. The molecule has 0 atom stereocenters. The van der Waals surface area contributed by atoms with E-state index in [0.29, 0.717) is 5.25 Å². The Balaban J connectivity index is 2.06. The Labute approximate surface area is 106 Å². The highest BCUT2D eigenvalue weighted by atomic mass is 79.9. The van der Waals surface area contributed by atoms with Crippen molar-refractivity contribution >= 4 is 33.7 Å². The quantitative estimate of drug-likeness (QED) is 0.928. The summed E-state index contributed by atoms with van der Waals surface area (Å²) in [6.45, 7) is 1.60. The summed E-state index contributed by atoms with van der Waals surface area (Å²) in [5, 5.41) is 9.21. The van der Waals surface area contributed by atoms with E-state index in [4.69, 9.17) is 9.84 Å². The average molecular weight is 303 g/mol. The van der Waals surface area contributed by atoms with E-state index in [1.54, 1.807) is 11.8 Å². The van der Waals surface area contributed by atoms with Crippen molar-refractivity contribution in [2.45, 2.75) is 16.6 Å². The molecule has 1 saturated heterocycles. The fourth-order valence-corrected chi connectivity index (χ4v) is 3.10. The lowest BCUT2D eigenvalue weighted by Gasteiger charge is -2.25. The summed E-state index contributed by atoms with van der Waals surface area (Å²) < 4.78 is 6.07. The molecule has 0 aromatic heterocycles. The molecule has 0 unspecified atom stereocenters. The number of halogens is 1. The molecule has 0 spiro atoms. The lowest BCUT2D eigenvalue weighted by molar-refractivity contribution is -0.136. The minimum absolute atomic E-state index is 0.0656. The molecule has 1 aromatic rings. The molecule has 1 aliphatic heterocycles. The van der Waals surface area contributed by atoms with Crippen LogP contribution >= 0.6 is 27.7 Å². The molecule has 1 aromatic carbocycles. The van der Waals surface area contributed by atoms with Gasteiger partial charge in [-0.1, -0.05) is 6.07 Å². The van der Waals surface area contributed by atoms with Gasteiger partial charge in [0.1, 0.15) is 0 Å². The maximum atomic E-state index is 10.6. The van der Waals surface area contributed by atoms with Gasteiger partial charge in [-0.25, -0.2) is 0 Å². The van der Waals surface area contributed by atoms with Crippen LogP contribution in [0.1, 0.15) is 5.56 Å². The number of aliphatic carboxylic acids is 1. The number of benzene rings is 1. The highest BCUT2D eigenvalue weighted by Crippen LogP contribution is 2.34. The van der Waals surface area contributed by atoms with E-state index in [0.717, 1.165) is 28.1 Å². The summed E-state index contributed by atoms with van der Waals surface area (Å²) >= 11 is 5.23. The Morgan fingerprint density at radius 3 is 2.81 bits per heavy atom. The molecule has 0 aliphatic carbocycles. The van der Waals surface area contributed by atoms with Crippen molar-refractivity contribution in [3.05, 3.63) is 28.2 Å². The average Bonchev–Trinajstić information content (AvgIpc) is 2.12. The molecule has 86 valence electrons. The molecule has 5 heteroatoms. The lowest BCUT2D eigenvalue weighted by atomic mass is 10.2. The fraction of sp³-hybridized carbons (Fsp3) is 0.364. The zero-order valence-corrected chi connectivity index (χ0v) is 10.9. The molecular weight excluding hydrogens is 292 g/mol. The fourth-order valence-electron chi connectivity index (χ4n) is 1.39. The molecule has 1 fully saturated rings. The van der Waals surface area contributed by atoms with Crippen molar-refractivity contribution in [3.8, 4) is 0 Å². The van der Waals surface area contributed by atoms with Crippen molar-refractivity contribution in [1.29, 1.82) is 0 Å². The smallest absolute Gasteiger partial charge is 0.307 e. The third-order valence-electron chi connectivity index (χ3n) is 2.25. The first-order chi connectivity index (χ1) is 7.65. The first-order valence-corrected chi connectivity index (χ1v) is 6.57. The van der Waals surface area contributed by atoms with Gasteiger partial charge >= 0.3 is 5.97 Å². The monoisotopic (exact) mass is 302 g/mol. The molecule has 1 N–H and O–H groups in total.